The maximum atomic E-state index is 12.6. The number of carbonyl (C=O) groups excluding carboxylic acids is 2. The average Bonchev–Trinajstić information content (AvgIpc) is 2.88. The molecule has 0 saturated heterocycles. The molecule has 1 saturated carbocycles. The van der Waals surface area contributed by atoms with Gasteiger partial charge in [-0.1, -0.05) is 24.4 Å². The van der Waals surface area contributed by atoms with E-state index in [2.05, 4.69) is 4.98 Å². The fourth-order valence-electron chi connectivity index (χ4n) is 2.59. The molecule has 2 amide bonds. The number of halogens is 1. The Kier molecular flexibility index (Phi) is 4.60. The fourth-order valence-corrected chi connectivity index (χ4v) is 2.88. The quantitative estimate of drug-likeness (QED) is 0.922. The lowest BCUT2D eigenvalue weighted by Gasteiger charge is -2.28. The van der Waals surface area contributed by atoms with Crippen LogP contribution in [0.1, 0.15) is 41.7 Å². The van der Waals surface area contributed by atoms with E-state index in [1.165, 1.54) is 11.1 Å². The second kappa shape index (κ2) is 6.22. The van der Waals surface area contributed by atoms with Gasteiger partial charge in [-0.2, -0.15) is 0 Å². The van der Waals surface area contributed by atoms with E-state index in [1.54, 1.807) is 13.0 Å². The van der Waals surface area contributed by atoms with E-state index < -0.39 is 5.91 Å². The van der Waals surface area contributed by atoms with Crippen LogP contribution in [-0.4, -0.2) is 34.3 Å². The largest absolute Gasteiger partial charge is 0.368 e. The van der Waals surface area contributed by atoms with Crippen LogP contribution in [0.4, 0.5) is 0 Å². The molecular weight excluding hydrogens is 278 g/mol. The molecule has 1 fully saturated rings. The number of hydrogen-bond acceptors (Lipinski definition) is 3. The Morgan fingerprint density at radius 1 is 1.45 bits per heavy atom. The topological polar surface area (TPSA) is 76.3 Å². The van der Waals surface area contributed by atoms with Crippen LogP contribution in [0.5, 0.6) is 0 Å². The number of aryl methyl sites for hydroxylation is 1. The molecule has 1 aliphatic carbocycles. The summed E-state index contributed by atoms with van der Waals surface area (Å²) in [5.41, 5.74) is 6.33. The fraction of sp³-hybridized carbons (Fsp3) is 0.500. The van der Waals surface area contributed by atoms with Gasteiger partial charge in [0.15, 0.2) is 0 Å². The first kappa shape index (κ1) is 14.8. The number of nitrogens with two attached hydrogens (primary N) is 1. The van der Waals surface area contributed by atoms with Gasteiger partial charge >= 0.3 is 0 Å². The minimum absolute atomic E-state index is 0.0624. The van der Waals surface area contributed by atoms with E-state index in [1.807, 2.05) is 0 Å². The summed E-state index contributed by atoms with van der Waals surface area (Å²) in [5, 5.41) is 0.356. The molecule has 0 atom stereocenters. The summed E-state index contributed by atoms with van der Waals surface area (Å²) in [6.45, 7) is 1.73. The lowest BCUT2D eigenvalue weighted by molar-refractivity contribution is -0.119. The Morgan fingerprint density at radius 3 is 2.65 bits per heavy atom. The number of hydrogen-bond donors (Lipinski definition) is 1. The summed E-state index contributed by atoms with van der Waals surface area (Å²) < 4.78 is 0. The third kappa shape index (κ3) is 3.28. The SMILES string of the molecule is Cc1cc(Cl)c(C(=O)N(CC(N)=O)C2CCCC2)cn1. The monoisotopic (exact) mass is 295 g/mol. The highest BCUT2D eigenvalue weighted by molar-refractivity contribution is 6.33. The molecule has 2 N–H and O–H groups in total. The Labute approximate surface area is 123 Å². The Bertz CT molecular complexity index is 527. The highest BCUT2D eigenvalue weighted by Gasteiger charge is 2.29. The van der Waals surface area contributed by atoms with Crippen molar-refractivity contribution in [2.45, 2.75) is 38.6 Å². The van der Waals surface area contributed by atoms with E-state index in [-0.39, 0.29) is 18.5 Å². The van der Waals surface area contributed by atoms with Crippen LogP contribution in [0, 0.1) is 6.92 Å². The van der Waals surface area contributed by atoms with E-state index >= 15 is 0 Å². The van der Waals surface area contributed by atoms with Crippen molar-refractivity contribution >= 4 is 23.4 Å². The molecule has 2 rings (SSSR count). The van der Waals surface area contributed by atoms with Crippen molar-refractivity contribution in [3.8, 4) is 0 Å². The molecule has 0 bridgehead atoms. The minimum Gasteiger partial charge on any atom is -0.368 e. The number of pyridine rings is 1. The van der Waals surface area contributed by atoms with Crippen molar-refractivity contribution in [2.24, 2.45) is 5.73 Å². The van der Waals surface area contributed by atoms with Crippen molar-refractivity contribution in [1.82, 2.24) is 9.88 Å². The Morgan fingerprint density at radius 2 is 2.10 bits per heavy atom. The van der Waals surface area contributed by atoms with Gasteiger partial charge in [0.25, 0.3) is 5.91 Å². The normalized spacial score (nSPS) is 15.3. The zero-order valence-electron chi connectivity index (χ0n) is 11.4. The molecule has 0 aromatic carbocycles. The number of carbonyl (C=O) groups is 2. The summed E-state index contributed by atoms with van der Waals surface area (Å²) in [6, 6.07) is 1.71. The van der Waals surface area contributed by atoms with Crippen LogP contribution in [0.3, 0.4) is 0 Å². The van der Waals surface area contributed by atoms with E-state index in [4.69, 9.17) is 17.3 Å². The van der Waals surface area contributed by atoms with E-state index in [0.29, 0.717) is 10.6 Å². The van der Waals surface area contributed by atoms with Gasteiger partial charge in [0.05, 0.1) is 17.1 Å². The molecule has 1 heterocycles. The smallest absolute Gasteiger partial charge is 0.257 e. The first-order valence-corrected chi connectivity index (χ1v) is 7.08. The van der Waals surface area contributed by atoms with Crippen LogP contribution >= 0.6 is 11.6 Å². The lowest BCUT2D eigenvalue weighted by Crippen LogP contribution is -2.44. The molecular formula is C14H18ClN3O2. The third-order valence-electron chi connectivity index (χ3n) is 3.57. The highest BCUT2D eigenvalue weighted by atomic mass is 35.5. The van der Waals surface area contributed by atoms with Crippen molar-refractivity contribution in [3.05, 3.63) is 28.5 Å². The van der Waals surface area contributed by atoms with E-state index in [0.717, 1.165) is 31.4 Å². The molecule has 0 aliphatic heterocycles. The number of primary amides is 1. The molecule has 6 heteroatoms. The molecule has 1 aliphatic rings. The van der Waals surface area contributed by atoms with Gasteiger partial charge in [-0.3, -0.25) is 14.6 Å². The summed E-state index contributed by atoms with van der Waals surface area (Å²) >= 11 is 6.11. The standard InChI is InChI=1S/C14H18ClN3O2/c1-9-6-12(15)11(7-17-9)14(20)18(8-13(16)19)10-4-2-3-5-10/h6-7,10H,2-5,8H2,1H3,(H2,16,19). The predicted octanol–water partition coefficient (Wildman–Crippen LogP) is 1.91. The second-order valence-electron chi connectivity index (χ2n) is 5.14. The van der Waals surface area contributed by atoms with Gasteiger partial charge in [0.1, 0.15) is 0 Å². The van der Waals surface area contributed by atoms with Gasteiger partial charge in [-0.05, 0) is 25.8 Å². The lowest BCUT2D eigenvalue weighted by atomic mass is 10.1. The maximum Gasteiger partial charge on any atom is 0.257 e. The highest BCUT2D eigenvalue weighted by Crippen LogP contribution is 2.26. The summed E-state index contributed by atoms with van der Waals surface area (Å²) in [6.07, 6.45) is 5.38. The second-order valence-corrected chi connectivity index (χ2v) is 5.55. The first-order valence-electron chi connectivity index (χ1n) is 6.70. The van der Waals surface area contributed by atoms with Crippen LogP contribution in [0.25, 0.3) is 0 Å². The molecule has 20 heavy (non-hydrogen) atoms. The summed E-state index contributed by atoms with van der Waals surface area (Å²) in [4.78, 5) is 29.5. The summed E-state index contributed by atoms with van der Waals surface area (Å²) in [5.74, 6) is -0.783. The third-order valence-corrected chi connectivity index (χ3v) is 3.89. The van der Waals surface area contributed by atoms with E-state index in [9.17, 15) is 9.59 Å². The number of amides is 2. The maximum absolute atomic E-state index is 12.6. The molecule has 1 aromatic heterocycles. The van der Waals surface area contributed by atoms with Crippen molar-refractivity contribution < 1.29 is 9.59 Å². The van der Waals surface area contributed by atoms with Crippen LogP contribution < -0.4 is 5.73 Å². The molecule has 0 spiro atoms. The van der Waals surface area contributed by atoms with Gasteiger partial charge in [-0.15, -0.1) is 0 Å². The van der Waals surface area contributed by atoms with Crippen LogP contribution in [0.15, 0.2) is 12.3 Å². The van der Waals surface area contributed by atoms with Crippen molar-refractivity contribution in [3.63, 3.8) is 0 Å². The number of nitrogens with zero attached hydrogens (tertiary/aromatic N) is 2. The van der Waals surface area contributed by atoms with Gasteiger partial charge < -0.3 is 10.6 Å². The van der Waals surface area contributed by atoms with Gasteiger partial charge in [-0.25, -0.2) is 0 Å². The summed E-state index contributed by atoms with van der Waals surface area (Å²) in [7, 11) is 0. The zero-order valence-corrected chi connectivity index (χ0v) is 12.2. The predicted molar refractivity (Wildman–Crippen MR) is 76.5 cm³/mol. The average molecular weight is 296 g/mol. The molecule has 108 valence electrons. The van der Waals surface area contributed by atoms with Crippen molar-refractivity contribution in [2.75, 3.05) is 6.54 Å². The van der Waals surface area contributed by atoms with Gasteiger partial charge in [0, 0.05) is 17.9 Å². The molecule has 5 nitrogen and oxygen atoms in total. The Hall–Kier alpha value is -1.62. The molecule has 0 radical (unpaired) electrons. The molecule has 0 unspecified atom stereocenters. The van der Waals surface area contributed by atoms with Gasteiger partial charge in [0.2, 0.25) is 5.91 Å². The Balaban J connectivity index is 2.27. The molecule has 1 aromatic rings. The zero-order chi connectivity index (χ0) is 14.7. The van der Waals surface area contributed by atoms with Crippen LogP contribution in [0.2, 0.25) is 5.02 Å². The van der Waals surface area contributed by atoms with Crippen molar-refractivity contribution in [1.29, 1.82) is 0 Å². The first-order chi connectivity index (χ1) is 9.49. The minimum atomic E-state index is -0.513. The number of rotatable bonds is 4. The number of aromatic nitrogens is 1. The van der Waals surface area contributed by atoms with Crippen LogP contribution in [-0.2, 0) is 4.79 Å².